The van der Waals surface area contributed by atoms with Crippen LogP contribution in [0.2, 0.25) is 0 Å². The number of nitrogen functional groups attached to an aromatic ring is 1. The van der Waals surface area contributed by atoms with Crippen LogP contribution in [0.5, 0.6) is 0 Å². The highest BCUT2D eigenvalue weighted by Crippen LogP contribution is 2.22. The maximum absolute atomic E-state index is 13.3. The molecule has 0 saturated carbocycles. The first kappa shape index (κ1) is 11.4. The van der Waals surface area contributed by atoms with Gasteiger partial charge in [0, 0.05) is 16.7 Å². The molecule has 0 aliphatic rings. The van der Waals surface area contributed by atoms with Crippen LogP contribution in [0.4, 0.5) is 10.1 Å². The molecule has 14 heavy (non-hydrogen) atoms. The second kappa shape index (κ2) is 5.25. The van der Waals surface area contributed by atoms with Gasteiger partial charge >= 0.3 is 0 Å². The minimum Gasteiger partial charge on any atom is -0.399 e. The molecule has 0 aliphatic carbocycles. The molecule has 1 nitrogen and oxygen atoms in total. The van der Waals surface area contributed by atoms with Crippen molar-refractivity contribution in [3.8, 4) is 0 Å². The summed E-state index contributed by atoms with van der Waals surface area (Å²) in [5.74, 6) is 0.530. The molecule has 2 N–H and O–H groups in total. The lowest BCUT2D eigenvalue weighted by atomic mass is 10.2. The SMILES string of the molecule is CCC(C)SCc1ccc(N)cc1F. The van der Waals surface area contributed by atoms with E-state index in [0.717, 1.165) is 17.7 Å². The van der Waals surface area contributed by atoms with Gasteiger partial charge in [-0.05, 0) is 24.1 Å². The molecule has 0 radical (unpaired) electrons. The van der Waals surface area contributed by atoms with Crippen molar-refractivity contribution >= 4 is 17.4 Å². The minimum absolute atomic E-state index is 0.194. The van der Waals surface area contributed by atoms with Crippen LogP contribution in [0.1, 0.15) is 25.8 Å². The van der Waals surface area contributed by atoms with Crippen molar-refractivity contribution in [3.05, 3.63) is 29.6 Å². The van der Waals surface area contributed by atoms with Crippen LogP contribution in [-0.2, 0) is 5.75 Å². The zero-order valence-electron chi connectivity index (χ0n) is 8.59. The fourth-order valence-electron chi connectivity index (χ4n) is 1.03. The van der Waals surface area contributed by atoms with Gasteiger partial charge in [0.2, 0.25) is 0 Å². The van der Waals surface area contributed by atoms with E-state index < -0.39 is 0 Å². The second-order valence-corrected chi connectivity index (χ2v) is 4.81. The third-order valence-corrected chi connectivity index (χ3v) is 3.56. The molecule has 0 saturated heterocycles. The minimum atomic E-state index is -0.194. The van der Waals surface area contributed by atoms with Crippen molar-refractivity contribution in [1.82, 2.24) is 0 Å². The van der Waals surface area contributed by atoms with Gasteiger partial charge in [-0.2, -0.15) is 11.8 Å². The number of hydrogen-bond acceptors (Lipinski definition) is 2. The molecule has 78 valence electrons. The molecule has 1 rings (SSSR count). The Morgan fingerprint density at radius 2 is 2.21 bits per heavy atom. The largest absolute Gasteiger partial charge is 0.399 e. The smallest absolute Gasteiger partial charge is 0.129 e. The van der Waals surface area contributed by atoms with Crippen LogP contribution in [0, 0.1) is 5.82 Å². The monoisotopic (exact) mass is 213 g/mol. The van der Waals surface area contributed by atoms with Crippen LogP contribution < -0.4 is 5.73 Å². The highest BCUT2D eigenvalue weighted by molar-refractivity contribution is 7.99. The standard InChI is InChI=1S/C11H16FNS/c1-3-8(2)14-7-9-4-5-10(13)6-11(9)12/h4-6,8H,3,7,13H2,1-2H3. The molecular formula is C11H16FNS. The van der Waals surface area contributed by atoms with Gasteiger partial charge in [0.25, 0.3) is 0 Å². The number of anilines is 1. The van der Waals surface area contributed by atoms with Crippen molar-refractivity contribution in [1.29, 1.82) is 0 Å². The fraction of sp³-hybridized carbons (Fsp3) is 0.455. The lowest BCUT2D eigenvalue weighted by molar-refractivity contribution is 0.618. The van der Waals surface area contributed by atoms with E-state index in [2.05, 4.69) is 13.8 Å². The molecule has 1 atom stereocenters. The lowest BCUT2D eigenvalue weighted by Crippen LogP contribution is -1.96. The summed E-state index contributed by atoms with van der Waals surface area (Å²) in [4.78, 5) is 0. The number of rotatable bonds is 4. The molecule has 1 aromatic carbocycles. The Morgan fingerprint density at radius 1 is 1.50 bits per heavy atom. The van der Waals surface area contributed by atoms with Crippen LogP contribution >= 0.6 is 11.8 Å². The normalized spacial score (nSPS) is 12.8. The Hall–Kier alpha value is -0.700. The third kappa shape index (κ3) is 3.22. The van der Waals surface area contributed by atoms with Crippen LogP contribution in [0.25, 0.3) is 0 Å². The van der Waals surface area contributed by atoms with E-state index in [9.17, 15) is 4.39 Å². The Morgan fingerprint density at radius 3 is 2.79 bits per heavy atom. The Bertz CT molecular complexity index is 301. The fourth-order valence-corrected chi connectivity index (χ4v) is 1.96. The van der Waals surface area contributed by atoms with E-state index in [1.165, 1.54) is 6.07 Å². The van der Waals surface area contributed by atoms with Crippen LogP contribution in [-0.4, -0.2) is 5.25 Å². The van der Waals surface area contributed by atoms with Crippen molar-refractivity contribution in [2.75, 3.05) is 5.73 Å². The molecular weight excluding hydrogens is 197 g/mol. The molecule has 1 unspecified atom stereocenters. The quantitative estimate of drug-likeness (QED) is 0.775. The predicted octanol–water partition coefficient (Wildman–Crippen LogP) is 3.44. The Balaban J connectivity index is 2.59. The summed E-state index contributed by atoms with van der Waals surface area (Å²) in [6.07, 6.45) is 1.11. The summed E-state index contributed by atoms with van der Waals surface area (Å²) < 4.78 is 13.3. The summed E-state index contributed by atoms with van der Waals surface area (Å²) in [6, 6.07) is 4.89. The Labute approximate surface area is 88.9 Å². The van der Waals surface area contributed by atoms with E-state index in [1.54, 1.807) is 23.9 Å². The summed E-state index contributed by atoms with van der Waals surface area (Å²) in [6.45, 7) is 4.29. The van der Waals surface area contributed by atoms with Gasteiger partial charge in [-0.25, -0.2) is 4.39 Å². The molecule has 1 aromatic rings. The lowest BCUT2D eigenvalue weighted by Gasteiger charge is -2.08. The van der Waals surface area contributed by atoms with Gasteiger partial charge in [-0.15, -0.1) is 0 Å². The maximum Gasteiger partial charge on any atom is 0.129 e. The highest BCUT2D eigenvalue weighted by atomic mass is 32.2. The summed E-state index contributed by atoms with van der Waals surface area (Å²) in [5, 5.41) is 0.576. The van der Waals surface area contributed by atoms with E-state index >= 15 is 0 Å². The van der Waals surface area contributed by atoms with Gasteiger partial charge < -0.3 is 5.73 Å². The third-order valence-electron chi connectivity index (χ3n) is 2.18. The molecule has 0 bridgehead atoms. The number of halogens is 1. The maximum atomic E-state index is 13.3. The van der Waals surface area contributed by atoms with Gasteiger partial charge in [-0.1, -0.05) is 19.9 Å². The summed E-state index contributed by atoms with van der Waals surface area (Å²) in [7, 11) is 0. The van der Waals surface area contributed by atoms with Crippen LogP contribution in [0.15, 0.2) is 18.2 Å². The molecule has 0 amide bonds. The van der Waals surface area contributed by atoms with Crippen molar-refractivity contribution in [2.24, 2.45) is 0 Å². The topological polar surface area (TPSA) is 26.0 Å². The predicted molar refractivity (Wildman–Crippen MR) is 61.9 cm³/mol. The summed E-state index contributed by atoms with van der Waals surface area (Å²) >= 11 is 1.77. The number of thioether (sulfide) groups is 1. The van der Waals surface area contributed by atoms with E-state index in [0.29, 0.717) is 10.9 Å². The zero-order chi connectivity index (χ0) is 10.6. The average molecular weight is 213 g/mol. The molecule has 0 aliphatic heterocycles. The average Bonchev–Trinajstić information content (AvgIpc) is 2.16. The van der Waals surface area contributed by atoms with Crippen molar-refractivity contribution in [3.63, 3.8) is 0 Å². The molecule has 0 fully saturated rings. The number of benzene rings is 1. The number of nitrogens with two attached hydrogens (primary N) is 1. The first-order chi connectivity index (χ1) is 6.63. The van der Waals surface area contributed by atoms with Gasteiger partial charge in [0.05, 0.1) is 0 Å². The van der Waals surface area contributed by atoms with E-state index in [1.807, 2.05) is 0 Å². The van der Waals surface area contributed by atoms with E-state index in [4.69, 9.17) is 5.73 Å². The molecule has 0 heterocycles. The Kier molecular flexibility index (Phi) is 4.26. The van der Waals surface area contributed by atoms with Gasteiger partial charge in [0.1, 0.15) is 5.82 Å². The molecule has 3 heteroatoms. The van der Waals surface area contributed by atoms with E-state index in [-0.39, 0.29) is 5.82 Å². The highest BCUT2D eigenvalue weighted by Gasteiger charge is 2.05. The van der Waals surface area contributed by atoms with Crippen molar-refractivity contribution in [2.45, 2.75) is 31.3 Å². The number of hydrogen-bond donors (Lipinski definition) is 1. The van der Waals surface area contributed by atoms with Crippen molar-refractivity contribution < 1.29 is 4.39 Å². The first-order valence-corrected chi connectivity index (χ1v) is 5.84. The van der Waals surface area contributed by atoms with Crippen LogP contribution in [0.3, 0.4) is 0 Å². The molecule has 0 spiro atoms. The summed E-state index contributed by atoms with van der Waals surface area (Å²) in [5.41, 5.74) is 6.69. The van der Waals surface area contributed by atoms with Gasteiger partial charge in [0.15, 0.2) is 0 Å². The van der Waals surface area contributed by atoms with Gasteiger partial charge in [-0.3, -0.25) is 0 Å². The molecule has 0 aromatic heterocycles. The zero-order valence-corrected chi connectivity index (χ0v) is 9.40. The first-order valence-electron chi connectivity index (χ1n) is 4.79. The second-order valence-electron chi connectivity index (χ2n) is 3.38.